The summed E-state index contributed by atoms with van der Waals surface area (Å²) >= 11 is 0. The molecule has 0 aliphatic heterocycles. The van der Waals surface area contributed by atoms with Crippen LogP contribution >= 0.6 is 0 Å². The molecule has 0 amide bonds. The molecule has 0 atom stereocenters. The summed E-state index contributed by atoms with van der Waals surface area (Å²) in [4.78, 5) is 33.0. The average Bonchev–Trinajstić information content (AvgIpc) is 3.26. The number of carboxylic acid groups (broad SMARTS) is 1. The zero-order valence-electron chi connectivity index (χ0n) is 20.5. The SMILES string of the molecule is CCOC(=O)c1cn(Cc2cccc(C(=N)N)c2)cc1Cc1ccc(C(=O)OC)cc1.O=C(O)C(F)(F)F. The van der Waals surface area contributed by atoms with Crippen molar-refractivity contribution in [3.63, 3.8) is 0 Å². The highest BCUT2D eigenvalue weighted by Gasteiger charge is 2.38. The minimum Gasteiger partial charge on any atom is -0.475 e. The van der Waals surface area contributed by atoms with Crippen LogP contribution in [0.4, 0.5) is 13.2 Å². The number of carbonyl (C=O) groups excluding carboxylic acids is 2. The molecule has 0 spiro atoms. The van der Waals surface area contributed by atoms with Crippen LogP contribution in [0.15, 0.2) is 60.9 Å². The van der Waals surface area contributed by atoms with Gasteiger partial charge in [-0.25, -0.2) is 14.4 Å². The Balaban J connectivity index is 0.000000638. The number of esters is 2. The number of hydrogen-bond donors (Lipinski definition) is 3. The fourth-order valence-corrected chi connectivity index (χ4v) is 3.32. The second-order valence-electron chi connectivity index (χ2n) is 7.87. The van der Waals surface area contributed by atoms with E-state index in [4.69, 9.17) is 30.5 Å². The van der Waals surface area contributed by atoms with Crippen molar-refractivity contribution in [2.24, 2.45) is 5.73 Å². The van der Waals surface area contributed by atoms with E-state index in [1.807, 2.05) is 41.1 Å². The van der Waals surface area contributed by atoms with Crippen LogP contribution in [-0.2, 0) is 27.2 Å². The molecule has 38 heavy (non-hydrogen) atoms. The molecule has 202 valence electrons. The number of nitrogens with one attached hydrogen (secondary N) is 1. The molecule has 0 bridgehead atoms. The van der Waals surface area contributed by atoms with E-state index >= 15 is 0 Å². The van der Waals surface area contributed by atoms with Gasteiger partial charge in [-0.05, 0) is 48.2 Å². The largest absolute Gasteiger partial charge is 0.490 e. The molecule has 0 saturated heterocycles. The molecule has 4 N–H and O–H groups in total. The van der Waals surface area contributed by atoms with Gasteiger partial charge in [-0.2, -0.15) is 13.2 Å². The van der Waals surface area contributed by atoms with E-state index in [2.05, 4.69) is 0 Å². The third-order valence-corrected chi connectivity index (χ3v) is 5.07. The van der Waals surface area contributed by atoms with Gasteiger partial charge in [-0.1, -0.05) is 30.3 Å². The van der Waals surface area contributed by atoms with E-state index in [0.29, 0.717) is 29.7 Å². The molecule has 1 heterocycles. The summed E-state index contributed by atoms with van der Waals surface area (Å²) in [7, 11) is 1.34. The number of hydrogen-bond acceptors (Lipinski definition) is 6. The van der Waals surface area contributed by atoms with Crippen LogP contribution in [0.1, 0.15) is 49.9 Å². The molecule has 1 aromatic heterocycles. The number of carbonyl (C=O) groups is 3. The second-order valence-corrected chi connectivity index (χ2v) is 7.87. The number of benzene rings is 2. The molecule has 12 heteroatoms. The van der Waals surface area contributed by atoms with Gasteiger partial charge in [0, 0.05) is 24.5 Å². The molecule has 3 rings (SSSR count). The van der Waals surface area contributed by atoms with Gasteiger partial charge in [0.15, 0.2) is 0 Å². The predicted octanol–water partition coefficient (Wildman–Crippen LogP) is 4.01. The molecule has 0 radical (unpaired) electrons. The first-order valence-corrected chi connectivity index (χ1v) is 11.1. The molecule has 0 fully saturated rings. The number of nitrogens with zero attached hydrogens (tertiary/aromatic N) is 1. The zero-order chi connectivity index (χ0) is 28.5. The van der Waals surface area contributed by atoms with Crippen LogP contribution < -0.4 is 5.73 Å². The predicted molar refractivity (Wildman–Crippen MR) is 131 cm³/mol. The monoisotopic (exact) mass is 533 g/mol. The van der Waals surface area contributed by atoms with Crippen LogP contribution in [0, 0.1) is 5.41 Å². The first-order chi connectivity index (χ1) is 17.8. The van der Waals surface area contributed by atoms with Gasteiger partial charge in [0.2, 0.25) is 0 Å². The highest BCUT2D eigenvalue weighted by Crippen LogP contribution is 2.20. The van der Waals surface area contributed by atoms with Gasteiger partial charge in [0.05, 0.1) is 24.8 Å². The summed E-state index contributed by atoms with van der Waals surface area (Å²) < 4.78 is 43.6. The maximum absolute atomic E-state index is 12.5. The summed E-state index contributed by atoms with van der Waals surface area (Å²) in [5, 5.41) is 14.7. The van der Waals surface area contributed by atoms with Crippen molar-refractivity contribution < 1.29 is 42.1 Å². The first-order valence-electron chi connectivity index (χ1n) is 11.1. The van der Waals surface area contributed by atoms with E-state index < -0.39 is 18.1 Å². The quantitative estimate of drug-likeness (QED) is 0.225. The van der Waals surface area contributed by atoms with Gasteiger partial charge >= 0.3 is 24.1 Å². The van der Waals surface area contributed by atoms with Gasteiger partial charge in [0.1, 0.15) is 5.84 Å². The standard InChI is InChI=1S/C24H25N3O4.C2HF3O2/c1-3-31-24(29)21-15-27(13-17-5-4-6-19(12-17)22(25)26)14-20(21)11-16-7-9-18(10-8-16)23(28)30-2;3-2(4,5)1(6)7/h4-10,12,14-15H,3,11,13H2,1-2H3,(H3,25,26);(H,6,7). The van der Waals surface area contributed by atoms with Crippen molar-refractivity contribution in [2.75, 3.05) is 13.7 Å². The summed E-state index contributed by atoms with van der Waals surface area (Å²) in [6.07, 6.45) is -0.881. The Hall–Kier alpha value is -4.61. The molecule has 0 unspecified atom stereocenters. The number of aromatic nitrogens is 1. The Kier molecular flexibility index (Phi) is 10.2. The molecule has 3 aromatic rings. The number of rotatable bonds is 8. The highest BCUT2D eigenvalue weighted by atomic mass is 19.4. The number of ether oxygens (including phenoxy) is 2. The number of nitrogens with two attached hydrogens (primary N) is 1. The van der Waals surface area contributed by atoms with E-state index in [9.17, 15) is 22.8 Å². The lowest BCUT2D eigenvalue weighted by atomic mass is 10.0. The van der Waals surface area contributed by atoms with E-state index in [-0.39, 0.29) is 18.4 Å². The normalized spacial score (nSPS) is 10.7. The summed E-state index contributed by atoms with van der Waals surface area (Å²) in [6.45, 7) is 2.58. The summed E-state index contributed by atoms with van der Waals surface area (Å²) in [5.41, 5.74) is 9.96. The topological polar surface area (TPSA) is 145 Å². The lowest BCUT2D eigenvalue weighted by molar-refractivity contribution is -0.192. The number of halogens is 3. The smallest absolute Gasteiger partial charge is 0.475 e. The lowest BCUT2D eigenvalue weighted by Gasteiger charge is -2.06. The first kappa shape index (κ1) is 29.6. The van der Waals surface area contributed by atoms with Crippen LogP contribution in [0.25, 0.3) is 0 Å². The summed E-state index contributed by atoms with van der Waals surface area (Å²) in [6, 6.07) is 14.5. The Bertz CT molecular complexity index is 1300. The van der Waals surface area contributed by atoms with Crippen LogP contribution in [0.5, 0.6) is 0 Å². The molecule has 9 nitrogen and oxygen atoms in total. The van der Waals surface area contributed by atoms with Crippen molar-refractivity contribution in [3.05, 3.63) is 94.3 Å². The number of alkyl halides is 3. The van der Waals surface area contributed by atoms with Crippen molar-refractivity contribution in [1.82, 2.24) is 4.57 Å². The van der Waals surface area contributed by atoms with Gasteiger partial charge in [-0.15, -0.1) is 0 Å². The number of nitrogen functional groups attached to an aromatic ring is 1. The Labute approximate surface area is 216 Å². The lowest BCUT2D eigenvalue weighted by Crippen LogP contribution is -2.21. The van der Waals surface area contributed by atoms with E-state index in [1.165, 1.54) is 7.11 Å². The maximum Gasteiger partial charge on any atom is 0.490 e. The molecule has 0 aliphatic carbocycles. The molecular weight excluding hydrogens is 507 g/mol. The molecule has 2 aromatic carbocycles. The van der Waals surface area contributed by atoms with E-state index in [1.54, 1.807) is 31.3 Å². The van der Waals surface area contributed by atoms with Gasteiger partial charge < -0.3 is 24.9 Å². The zero-order valence-corrected chi connectivity index (χ0v) is 20.5. The highest BCUT2D eigenvalue weighted by molar-refractivity contribution is 5.95. The maximum atomic E-state index is 12.5. The van der Waals surface area contributed by atoms with Crippen molar-refractivity contribution in [2.45, 2.75) is 26.1 Å². The Morgan fingerprint density at radius 2 is 1.63 bits per heavy atom. The molecule has 0 aliphatic rings. The van der Waals surface area contributed by atoms with Crippen LogP contribution in [0.2, 0.25) is 0 Å². The van der Waals surface area contributed by atoms with Gasteiger partial charge in [0.25, 0.3) is 0 Å². The van der Waals surface area contributed by atoms with Crippen molar-refractivity contribution in [1.29, 1.82) is 5.41 Å². The van der Waals surface area contributed by atoms with Gasteiger partial charge in [-0.3, -0.25) is 5.41 Å². The molecule has 0 saturated carbocycles. The number of carboxylic acids is 1. The number of methoxy groups -OCH3 is 1. The van der Waals surface area contributed by atoms with Crippen LogP contribution in [-0.4, -0.2) is 53.3 Å². The fourth-order valence-electron chi connectivity index (χ4n) is 3.32. The minimum atomic E-state index is -5.08. The van der Waals surface area contributed by atoms with Crippen molar-refractivity contribution in [3.8, 4) is 0 Å². The average molecular weight is 534 g/mol. The fraction of sp³-hybridized carbons (Fsp3) is 0.231. The van der Waals surface area contributed by atoms with Crippen LogP contribution in [0.3, 0.4) is 0 Å². The summed E-state index contributed by atoms with van der Waals surface area (Å²) in [5.74, 6) is -3.51. The number of aliphatic carboxylic acids is 1. The van der Waals surface area contributed by atoms with E-state index in [0.717, 1.165) is 16.7 Å². The Morgan fingerprint density at radius 1 is 1.00 bits per heavy atom. The minimum absolute atomic E-state index is 0.0117. The number of amidine groups is 1. The van der Waals surface area contributed by atoms with Crippen molar-refractivity contribution >= 4 is 23.7 Å². The second kappa shape index (κ2) is 13.1. The molecular formula is C26H26F3N3O6. The Morgan fingerprint density at radius 3 is 2.16 bits per heavy atom. The third-order valence-electron chi connectivity index (χ3n) is 5.07. The third kappa shape index (κ3) is 8.50.